The maximum absolute atomic E-state index is 13.0. The molecule has 2 aliphatic carbocycles. The summed E-state index contributed by atoms with van der Waals surface area (Å²) in [5.41, 5.74) is 0.750. The topological polar surface area (TPSA) is 55.1 Å². The summed E-state index contributed by atoms with van der Waals surface area (Å²) in [6.45, 7) is 5.78. The van der Waals surface area contributed by atoms with E-state index in [1.54, 1.807) is 0 Å². The Morgan fingerprint density at radius 1 is 1.35 bits per heavy atom. The largest absolute Gasteiger partial charge is 0.350 e. The fourth-order valence-corrected chi connectivity index (χ4v) is 5.55. The highest BCUT2D eigenvalue weighted by atomic mass is 32.2. The van der Waals surface area contributed by atoms with Gasteiger partial charge in [0.2, 0.25) is 5.76 Å². The molecule has 2 bridgehead atoms. The van der Waals surface area contributed by atoms with Gasteiger partial charge in [0.25, 0.3) is 5.91 Å². The average Bonchev–Trinajstić information content (AvgIpc) is 3.34. The molecule has 4 nitrogen and oxygen atoms in total. The summed E-state index contributed by atoms with van der Waals surface area (Å²) in [4.78, 5) is 14.8. The average molecular weight is 369 g/mol. The van der Waals surface area contributed by atoms with Crippen molar-refractivity contribution in [1.29, 1.82) is 0 Å². The predicted octanol–water partition coefficient (Wildman–Crippen LogP) is 4.85. The van der Waals surface area contributed by atoms with Crippen LogP contribution in [-0.4, -0.2) is 17.1 Å². The number of nitrogens with one attached hydrogen (secondary N) is 1. The number of benzene rings is 1. The minimum absolute atomic E-state index is 0.143. The molecule has 0 radical (unpaired) electrons. The molecule has 2 fully saturated rings. The summed E-state index contributed by atoms with van der Waals surface area (Å²) in [5.74, 6) is 2.00. The highest BCUT2D eigenvalue weighted by Gasteiger charge is 2.47. The second kappa shape index (κ2) is 7.31. The highest BCUT2D eigenvalue weighted by Crippen LogP contribution is 2.50. The van der Waals surface area contributed by atoms with Crippen LogP contribution in [0.4, 0.5) is 0 Å². The molecule has 1 aromatic carbocycles. The van der Waals surface area contributed by atoms with Crippen LogP contribution in [0.1, 0.15) is 41.9 Å². The molecule has 26 heavy (non-hydrogen) atoms. The molecular weight excluding hydrogens is 344 g/mol. The molecule has 136 valence electrons. The number of aryl methyl sites for hydroxylation is 1. The van der Waals surface area contributed by atoms with Gasteiger partial charge in [-0.3, -0.25) is 4.79 Å². The number of carbonyl (C=O) groups excluding carboxylic acids is 1. The molecule has 2 saturated carbocycles. The summed E-state index contributed by atoms with van der Waals surface area (Å²) >= 11 is 1.53. The second-order valence-corrected chi connectivity index (χ2v) is 8.45. The molecule has 4 rings (SSSR count). The summed E-state index contributed by atoms with van der Waals surface area (Å²) < 4.78 is 5.41. The maximum atomic E-state index is 13.0. The van der Waals surface area contributed by atoms with Crippen LogP contribution in [0.15, 0.2) is 57.3 Å². The molecule has 0 aliphatic heterocycles. The first-order valence-corrected chi connectivity index (χ1v) is 10.1. The van der Waals surface area contributed by atoms with Gasteiger partial charge in [-0.05, 0) is 62.5 Å². The SMILES string of the molecule is C=CC[C@H]1[C@@H]2CC[C@@H](C2)[C@@H]1NC(=O)c1onc(C)c1Sc1ccccc1. The smallest absolute Gasteiger partial charge is 0.291 e. The lowest BCUT2D eigenvalue weighted by atomic mass is 9.82. The van der Waals surface area contributed by atoms with Crippen molar-refractivity contribution in [2.45, 2.75) is 48.4 Å². The number of aromatic nitrogens is 1. The minimum Gasteiger partial charge on any atom is -0.350 e. The Bertz CT molecular complexity index is 802. The fourth-order valence-electron chi connectivity index (χ4n) is 4.62. The molecule has 0 spiro atoms. The molecule has 2 aliphatic rings. The van der Waals surface area contributed by atoms with Crippen molar-refractivity contribution < 1.29 is 9.32 Å². The van der Waals surface area contributed by atoms with Gasteiger partial charge >= 0.3 is 0 Å². The summed E-state index contributed by atoms with van der Waals surface area (Å²) in [6.07, 6.45) is 6.67. The van der Waals surface area contributed by atoms with Crippen LogP contribution in [0.25, 0.3) is 0 Å². The fraction of sp³-hybridized carbons (Fsp3) is 0.429. The van der Waals surface area contributed by atoms with Crippen molar-refractivity contribution in [3.8, 4) is 0 Å². The Kier molecular flexibility index (Phi) is 4.90. The van der Waals surface area contributed by atoms with Gasteiger partial charge in [0, 0.05) is 10.9 Å². The van der Waals surface area contributed by atoms with E-state index < -0.39 is 0 Å². The normalized spacial score (nSPS) is 26.8. The van der Waals surface area contributed by atoms with Gasteiger partial charge in [-0.25, -0.2) is 0 Å². The van der Waals surface area contributed by atoms with E-state index >= 15 is 0 Å². The number of hydrogen-bond acceptors (Lipinski definition) is 4. The van der Waals surface area contributed by atoms with E-state index in [-0.39, 0.29) is 11.9 Å². The molecule has 1 amide bonds. The highest BCUT2D eigenvalue weighted by molar-refractivity contribution is 7.99. The van der Waals surface area contributed by atoms with E-state index in [2.05, 4.69) is 17.1 Å². The van der Waals surface area contributed by atoms with Crippen LogP contribution in [0.3, 0.4) is 0 Å². The van der Waals surface area contributed by atoms with E-state index in [1.807, 2.05) is 43.3 Å². The third kappa shape index (κ3) is 3.20. The number of allylic oxidation sites excluding steroid dienone is 1. The third-order valence-corrected chi connectivity index (χ3v) is 7.00. The molecule has 1 N–H and O–H groups in total. The number of nitrogens with zero attached hydrogens (tertiary/aromatic N) is 1. The van der Waals surface area contributed by atoms with E-state index in [0.717, 1.165) is 27.8 Å². The van der Waals surface area contributed by atoms with Crippen LogP contribution in [-0.2, 0) is 0 Å². The van der Waals surface area contributed by atoms with Crippen LogP contribution >= 0.6 is 11.8 Å². The number of hydrogen-bond donors (Lipinski definition) is 1. The first kappa shape index (κ1) is 17.4. The van der Waals surface area contributed by atoms with Crippen molar-refractivity contribution in [2.75, 3.05) is 0 Å². The standard InChI is InChI=1S/C21H24N2O2S/c1-3-7-17-14-10-11-15(12-14)18(17)22-21(24)19-20(13(2)23-25-19)26-16-8-5-4-6-9-16/h3-6,8-9,14-15,17-18H,1,7,10-12H2,2H3,(H,22,24)/t14-,15+,17+,18+/m1/s1. The Morgan fingerprint density at radius 2 is 2.12 bits per heavy atom. The molecule has 0 saturated heterocycles. The van der Waals surface area contributed by atoms with Gasteiger partial charge in [0.1, 0.15) is 0 Å². The Balaban J connectivity index is 1.53. The van der Waals surface area contributed by atoms with Crippen LogP contribution < -0.4 is 5.32 Å². The Morgan fingerprint density at radius 3 is 2.88 bits per heavy atom. The number of fused-ring (bicyclic) bond motifs is 2. The molecule has 2 aromatic rings. The molecule has 0 unspecified atom stereocenters. The lowest BCUT2D eigenvalue weighted by Crippen LogP contribution is -2.43. The van der Waals surface area contributed by atoms with Crippen molar-refractivity contribution in [3.63, 3.8) is 0 Å². The third-order valence-electron chi connectivity index (χ3n) is 5.80. The number of amides is 1. The zero-order valence-corrected chi connectivity index (χ0v) is 15.8. The minimum atomic E-state index is -0.143. The zero-order valence-electron chi connectivity index (χ0n) is 15.0. The number of rotatable bonds is 6. The van der Waals surface area contributed by atoms with Crippen molar-refractivity contribution in [2.24, 2.45) is 17.8 Å². The van der Waals surface area contributed by atoms with Gasteiger partial charge in [-0.1, -0.05) is 41.2 Å². The zero-order chi connectivity index (χ0) is 18.1. The lowest BCUT2D eigenvalue weighted by molar-refractivity contribution is 0.0859. The van der Waals surface area contributed by atoms with Crippen molar-refractivity contribution in [1.82, 2.24) is 10.5 Å². The van der Waals surface area contributed by atoms with E-state index in [0.29, 0.717) is 17.6 Å². The lowest BCUT2D eigenvalue weighted by Gasteiger charge is -2.30. The van der Waals surface area contributed by atoms with Crippen LogP contribution in [0.5, 0.6) is 0 Å². The second-order valence-electron chi connectivity index (χ2n) is 7.36. The van der Waals surface area contributed by atoms with Crippen LogP contribution in [0, 0.1) is 24.7 Å². The summed E-state index contributed by atoms with van der Waals surface area (Å²) in [5, 5.41) is 7.31. The van der Waals surface area contributed by atoms with E-state index in [1.165, 1.54) is 31.0 Å². The molecule has 1 heterocycles. The van der Waals surface area contributed by atoms with Crippen molar-refractivity contribution >= 4 is 17.7 Å². The molecular formula is C21H24N2O2S. The molecule has 4 atom stereocenters. The van der Waals surface area contributed by atoms with Gasteiger partial charge < -0.3 is 9.84 Å². The monoisotopic (exact) mass is 368 g/mol. The Labute approximate surface area is 158 Å². The van der Waals surface area contributed by atoms with Crippen molar-refractivity contribution in [3.05, 3.63) is 54.4 Å². The predicted molar refractivity (Wildman–Crippen MR) is 102 cm³/mol. The van der Waals surface area contributed by atoms with Gasteiger partial charge in [-0.15, -0.1) is 6.58 Å². The molecule has 5 heteroatoms. The molecule has 1 aromatic heterocycles. The van der Waals surface area contributed by atoms with Gasteiger partial charge in [-0.2, -0.15) is 0 Å². The maximum Gasteiger partial charge on any atom is 0.291 e. The van der Waals surface area contributed by atoms with E-state index in [4.69, 9.17) is 4.52 Å². The summed E-state index contributed by atoms with van der Waals surface area (Å²) in [7, 11) is 0. The summed E-state index contributed by atoms with van der Waals surface area (Å²) in [6, 6.07) is 10.2. The van der Waals surface area contributed by atoms with Gasteiger partial charge in [0.15, 0.2) is 0 Å². The quantitative estimate of drug-likeness (QED) is 0.740. The Hall–Kier alpha value is -2.01. The van der Waals surface area contributed by atoms with Gasteiger partial charge in [0.05, 0.1) is 10.6 Å². The number of carbonyl (C=O) groups is 1. The first-order valence-electron chi connectivity index (χ1n) is 9.28. The first-order chi connectivity index (χ1) is 12.7. The van der Waals surface area contributed by atoms with E-state index in [9.17, 15) is 4.79 Å². The van der Waals surface area contributed by atoms with Crippen LogP contribution in [0.2, 0.25) is 0 Å².